The van der Waals surface area contributed by atoms with Gasteiger partial charge in [0.2, 0.25) is 5.82 Å². The van der Waals surface area contributed by atoms with Gasteiger partial charge < -0.3 is 5.32 Å². The van der Waals surface area contributed by atoms with Crippen molar-refractivity contribution < 1.29 is 9.18 Å². The number of amides is 1. The largest absolute Gasteiger partial charge is 0.345 e. The number of nitrogens with one attached hydrogen (secondary N) is 1. The van der Waals surface area contributed by atoms with Crippen LogP contribution in [0.5, 0.6) is 0 Å². The molecule has 0 bridgehead atoms. The van der Waals surface area contributed by atoms with Gasteiger partial charge in [0, 0.05) is 11.6 Å². The molecule has 0 aliphatic carbocycles. The van der Waals surface area contributed by atoms with Gasteiger partial charge in [-0.1, -0.05) is 29.8 Å². The Bertz CT molecular complexity index is 877. The number of nitrogens with zero attached hydrogens (tertiary/aromatic N) is 3. The van der Waals surface area contributed by atoms with E-state index >= 15 is 0 Å². The fourth-order valence-electron chi connectivity index (χ4n) is 2.21. The second-order valence-corrected chi connectivity index (χ2v) is 5.55. The second-order valence-electron chi connectivity index (χ2n) is 5.14. The molecule has 3 rings (SSSR count). The Morgan fingerprint density at radius 2 is 1.92 bits per heavy atom. The number of aryl methyl sites for hydroxylation is 1. The predicted molar refractivity (Wildman–Crippen MR) is 88.7 cm³/mol. The highest BCUT2D eigenvalue weighted by Gasteiger charge is 2.15. The highest BCUT2D eigenvalue weighted by molar-refractivity contribution is 6.31. The molecule has 1 amide bonds. The van der Waals surface area contributed by atoms with Gasteiger partial charge in [-0.05, 0) is 42.8 Å². The third-order valence-corrected chi connectivity index (χ3v) is 3.81. The summed E-state index contributed by atoms with van der Waals surface area (Å²) in [7, 11) is 0. The third kappa shape index (κ3) is 3.44. The van der Waals surface area contributed by atoms with E-state index in [1.807, 2.05) is 18.2 Å². The van der Waals surface area contributed by atoms with Crippen molar-refractivity contribution in [1.82, 2.24) is 20.1 Å². The van der Waals surface area contributed by atoms with E-state index in [4.69, 9.17) is 11.6 Å². The highest BCUT2D eigenvalue weighted by atomic mass is 35.5. The molecule has 0 fully saturated rings. The van der Waals surface area contributed by atoms with Crippen molar-refractivity contribution in [1.29, 1.82) is 0 Å². The topological polar surface area (TPSA) is 59.8 Å². The van der Waals surface area contributed by atoms with Crippen LogP contribution in [0, 0.1) is 12.7 Å². The number of halogens is 2. The maximum Gasteiger partial charge on any atom is 0.291 e. The van der Waals surface area contributed by atoms with Crippen LogP contribution in [0.2, 0.25) is 5.02 Å². The van der Waals surface area contributed by atoms with Crippen LogP contribution in [0.3, 0.4) is 0 Å². The van der Waals surface area contributed by atoms with E-state index in [2.05, 4.69) is 15.4 Å². The van der Waals surface area contributed by atoms with E-state index in [-0.39, 0.29) is 18.2 Å². The summed E-state index contributed by atoms with van der Waals surface area (Å²) in [5, 5.41) is 7.50. The molecule has 0 aliphatic heterocycles. The predicted octanol–water partition coefficient (Wildman–Crippen LogP) is 3.30. The normalized spacial score (nSPS) is 10.6. The van der Waals surface area contributed by atoms with Crippen LogP contribution in [-0.2, 0) is 6.54 Å². The molecule has 2 aromatic carbocycles. The summed E-state index contributed by atoms with van der Waals surface area (Å²) in [6, 6.07) is 13.1. The summed E-state index contributed by atoms with van der Waals surface area (Å²) in [4.78, 5) is 16.4. The molecule has 1 N–H and O–H groups in total. The lowest BCUT2D eigenvalue weighted by Crippen LogP contribution is -2.24. The molecule has 0 atom stereocenters. The van der Waals surface area contributed by atoms with E-state index < -0.39 is 5.91 Å². The zero-order valence-corrected chi connectivity index (χ0v) is 13.6. The number of benzene rings is 2. The van der Waals surface area contributed by atoms with Crippen molar-refractivity contribution in [2.75, 3.05) is 0 Å². The Kier molecular flexibility index (Phi) is 4.57. The van der Waals surface area contributed by atoms with Crippen LogP contribution in [0.15, 0.2) is 48.5 Å². The number of rotatable bonds is 4. The smallest absolute Gasteiger partial charge is 0.291 e. The average Bonchev–Trinajstić information content (AvgIpc) is 2.96. The molecule has 1 aromatic heterocycles. The first-order valence-corrected chi connectivity index (χ1v) is 7.63. The average molecular weight is 345 g/mol. The highest BCUT2D eigenvalue weighted by Crippen LogP contribution is 2.15. The molecule has 24 heavy (non-hydrogen) atoms. The number of carbonyl (C=O) groups excluding carboxylic acids is 1. The van der Waals surface area contributed by atoms with Gasteiger partial charge in [-0.15, -0.1) is 5.10 Å². The lowest BCUT2D eigenvalue weighted by molar-refractivity contribution is 0.0940. The molecular weight excluding hydrogens is 331 g/mol. The van der Waals surface area contributed by atoms with E-state index in [9.17, 15) is 9.18 Å². The van der Waals surface area contributed by atoms with Crippen molar-refractivity contribution in [3.63, 3.8) is 0 Å². The quantitative estimate of drug-likeness (QED) is 0.790. The maximum absolute atomic E-state index is 13.0. The first kappa shape index (κ1) is 16.1. The first-order chi connectivity index (χ1) is 11.5. The molecule has 7 heteroatoms. The Labute approximate surface area is 143 Å². The molecule has 5 nitrogen and oxygen atoms in total. The van der Waals surface area contributed by atoms with E-state index in [1.165, 1.54) is 16.8 Å². The molecule has 3 aromatic rings. The van der Waals surface area contributed by atoms with Crippen molar-refractivity contribution in [3.05, 3.63) is 76.6 Å². The van der Waals surface area contributed by atoms with E-state index in [0.717, 1.165) is 5.56 Å². The SMILES string of the molecule is Cc1nc(C(=O)NCc2ccccc2Cl)nn1-c1ccc(F)cc1. The first-order valence-electron chi connectivity index (χ1n) is 7.26. The summed E-state index contributed by atoms with van der Waals surface area (Å²) in [6.07, 6.45) is 0. The minimum atomic E-state index is -0.404. The molecular formula is C17H14ClFN4O. The van der Waals surface area contributed by atoms with Gasteiger partial charge >= 0.3 is 0 Å². The molecule has 0 unspecified atom stereocenters. The Morgan fingerprint density at radius 3 is 2.62 bits per heavy atom. The number of carbonyl (C=O) groups is 1. The molecule has 0 saturated carbocycles. The van der Waals surface area contributed by atoms with Crippen molar-refractivity contribution >= 4 is 17.5 Å². The maximum atomic E-state index is 13.0. The Hall–Kier alpha value is -2.73. The van der Waals surface area contributed by atoms with Gasteiger partial charge in [0.1, 0.15) is 11.6 Å². The van der Waals surface area contributed by atoms with Gasteiger partial charge in [0.25, 0.3) is 5.91 Å². The van der Waals surface area contributed by atoms with Crippen LogP contribution in [0.4, 0.5) is 4.39 Å². The fraction of sp³-hybridized carbons (Fsp3) is 0.118. The number of aromatic nitrogens is 3. The van der Waals surface area contributed by atoms with Crippen molar-refractivity contribution in [3.8, 4) is 5.69 Å². The zero-order chi connectivity index (χ0) is 17.1. The van der Waals surface area contributed by atoms with Crippen LogP contribution < -0.4 is 5.32 Å². The Morgan fingerprint density at radius 1 is 1.21 bits per heavy atom. The summed E-state index contributed by atoms with van der Waals surface area (Å²) in [6.45, 7) is 2.00. The molecule has 122 valence electrons. The second kappa shape index (κ2) is 6.80. The number of hydrogen-bond acceptors (Lipinski definition) is 3. The third-order valence-electron chi connectivity index (χ3n) is 3.44. The summed E-state index contributed by atoms with van der Waals surface area (Å²) in [5.74, 6) is -0.165. The van der Waals surface area contributed by atoms with Crippen LogP contribution in [0.1, 0.15) is 22.0 Å². The zero-order valence-electron chi connectivity index (χ0n) is 12.8. The van der Waals surface area contributed by atoms with Crippen LogP contribution in [0.25, 0.3) is 5.69 Å². The van der Waals surface area contributed by atoms with Crippen molar-refractivity contribution in [2.24, 2.45) is 0 Å². The lowest BCUT2D eigenvalue weighted by Gasteiger charge is -2.04. The molecule has 0 saturated heterocycles. The minimum Gasteiger partial charge on any atom is -0.345 e. The standard InChI is InChI=1S/C17H14ClFN4O/c1-11-21-16(22-23(11)14-8-6-13(19)7-9-14)17(24)20-10-12-4-2-3-5-15(12)18/h2-9H,10H2,1H3,(H,20,24). The number of hydrogen-bond donors (Lipinski definition) is 1. The van der Waals surface area contributed by atoms with Crippen LogP contribution in [-0.4, -0.2) is 20.7 Å². The van der Waals surface area contributed by atoms with E-state index in [0.29, 0.717) is 16.5 Å². The van der Waals surface area contributed by atoms with E-state index in [1.54, 1.807) is 25.1 Å². The van der Waals surface area contributed by atoms with Gasteiger partial charge in [0.15, 0.2) is 0 Å². The molecule has 0 spiro atoms. The fourth-order valence-corrected chi connectivity index (χ4v) is 2.41. The summed E-state index contributed by atoms with van der Waals surface area (Å²) < 4.78 is 14.5. The molecule has 1 heterocycles. The Balaban J connectivity index is 1.75. The minimum absolute atomic E-state index is 0.0453. The molecule has 0 aliphatic rings. The van der Waals surface area contributed by atoms with Crippen molar-refractivity contribution in [2.45, 2.75) is 13.5 Å². The molecule has 0 radical (unpaired) electrons. The van der Waals surface area contributed by atoms with Gasteiger partial charge in [-0.3, -0.25) is 4.79 Å². The summed E-state index contributed by atoms with van der Waals surface area (Å²) >= 11 is 6.06. The summed E-state index contributed by atoms with van der Waals surface area (Å²) in [5.41, 5.74) is 1.44. The lowest BCUT2D eigenvalue weighted by atomic mass is 10.2. The monoisotopic (exact) mass is 344 g/mol. The van der Waals surface area contributed by atoms with Gasteiger partial charge in [-0.2, -0.15) is 0 Å². The van der Waals surface area contributed by atoms with Gasteiger partial charge in [-0.25, -0.2) is 14.1 Å². The van der Waals surface area contributed by atoms with Crippen LogP contribution >= 0.6 is 11.6 Å². The van der Waals surface area contributed by atoms with Gasteiger partial charge in [0.05, 0.1) is 5.69 Å².